The van der Waals surface area contributed by atoms with Gasteiger partial charge in [0, 0.05) is 12.2 Å². The van der Waals surface area contributed by atoms with E-state index in [1.165, 1.54) is 6.08 Å². The molecule has 0 aromatic carbocycles. The Balaban J connectivity index is 1.75. The van der Waals surface area contributed by atoms with E-state index in [2.05, 4.69) is 16.9 Å². The van der Waals surface area contributed by atoms with E-state index in [0.29, 0.717) is 12.4 Å². The van der Waals surface area contributed by atoms with Crippen molar-refractivity contribution in [2.45, 2.75) is 38.6 Å². The molecule has 1 saturated carbocycles. The summed E-state index contributed by atoms with van der Waals surface area (Å²) in [5.74, 6) is 0.228. The lowest BCUT2D eigenvalue weighted by atomic mass is 10.0. The highest BCUT2D eigenvalue weighted by atomic mass is 16.2. The summed E-state index contributed by atoms with van der Waals surface area (Å²) in [5.41, 5.74) is 1.10. The number of likely N-dealkylation sites (tertiary alicyclic amines) is 1. The predicted molar refractivity (Wildman–Crippen MR) is 84.2 cm³/mol. The van der Waals surface area contributed by atoms with Crippen molar-refractivity contribution in [1.29, 1.82) is 0 Å². The maximum Gasteiger partial charge on any atom is 0.248 e. The Kier molecular flexibility index (Phi) is 3.72. The van der Waals surface area contributed by atoms with Crippen molar-refractivity contribution in [2.75, 3.05) is 11.9 Å². The van der Waals surface area contributed by atoms with E-state index < -0.39 is 6.04 Å². The molecule has 2 heterocycles. The molecule has 1 aromatic heterocycles. The number of nitrogens with one attached hydrogen (secondary N) is 1. The molecule has 1 spiro atoms. The summed E-state index contributed by atoms with van der Waals surface area (Å²) in [5, 5.41) is 2.85. The van der Waals surface area contributed by atoms with Crippen LogP contribution in [0.15, 0.2) is 30.9 Å². The minimum Gasteiger partial charge on any atom is -0.327 e. The van der Waals surface area contributed by atoms with Gasteiger partial charge in [0.15, 0.2) is 0 Å². The molecule has 2 aliphatic rings. The van der Waals surface area contributed by atoms with Gasteiger partial charge in [0.1, 0.15) is 11.9 Å². The first kappa shape index (κ1) is 14.8. The zero-order valence-electron chi connectivity index (χ0n) is 12.8. The van der Waals surface area contributed by atoms with Gasteiger partial charge in [-0.1, -0.05) is 19.6 Å². The van der Waals surface area contributed by atoms with Crippen molar-refractivity contribution in [3.05, 3.63) is 36.5 Å². The molecule has 22 heavy (non-hydrogen) atoms. The topological polar surface area (TPSA) is 62.3 Å². The third kappa shape index (κ3) is 2.75. The van der Waals surface area contributed by atoms with Crippen LogP contribution >= 0.6 is 0 Å². The van der Waals surface area contributed by atoms with Crippen molar-refractivity contribution in [1.82, 2.24) is 9.88 Å². The zero-order chi connectivity index (χ0) is 15.7. The van der Waals surface area contributed by atoms with Gasteiger partial charge in [0.25, 0.3) is 0 Å². The molecule has 0 bridgehead atoms. The van der Waals surface area contributed by atoms with Crippen LogP contribution < -0.4 is 5.32 Å². The number of rotatable bonds is 4. The molecule has 116 valence electrons. The molecule has 2 amide bonds. The van der Waals surface area contributed by atoms with Crippen molar-refractivity contribution >= 4 is 17.6 Å². The Morgan fingerprint density at radius 3 is 2.91 bits per heavy atom. The fourth-order valence-corrected chi connectivity index (χ4v) is 3.13. The van der Waals surface area contributed by atoms with Crippen LogP contribution in [0.1, 0.15) is 31.9 Å². The van der Waals surface area contributed by atoms with Crippen molar-refractivity contribution in [2.24, 2.45) is 5.41 Å². The summed E-state index contributed by atoms with van der Waals surface area (Å²) in [6.07, 6.45) is 5.05. The average Bonchev–Trinajstić information content (AvgIpc) is 3.17. The van der Waals surface area contributed by atoms with E-state index in [1.807, 2.05) is 19.1 Å². The lowest BCUT2D eigenvalue weighted by Crippen LogP contribution is -2.42. The molecule has 1 saturated heterocycles. The van der Waals surface area contributed by atoms with Crippen LogP contribution in [-0.2, 0) is 16.0 Å². The number of aryl methyl sites for hydroxylation is 1. The van der Waals surface area contributed by atoms with E-state index in [9.17, 15) is 9.59 Å². The third-order valence-corrected chi connectivity index (χ3v) is 4.65. The zero-order valence-corrected chi connectivity index (χ0v) is 12.8. The molecule has 1 aliphatic carbocycles. The molecule has 0 unspecified atom stereocenters. The van der Waals surface area contributed by atoms with Gasteiger partial charge in [-0.2, -0.15) is 0 Å². The van der Waals surface area contributed by atoms with Crippen LogP contribution in [0.5, 0.6) is 0 Å². The first-order valence-electron chi connectivity index (χ1n) is 7.77. The van der Waals surface area contributed by atoms with E-state index in [0.717, 1.165) is 31.4 Å². The first-order chi connectivity index (χ1) is 10.6. The molecule has 1 N–H and O–H groups in total. The molecule has 1 atom stereocenters. The van der Waals surface area contributed by atoms with E-state index >= 15 is 0 Å². The number of pyridine rings is 1. The maximum absolute atomic E-state index is 12.6. The van der Waals surface area contributed by atoms with Crippen LogP contribution in [0.4, 0.5) is 5.82 Å². The van der Waals surface area contributed by atoms with Gasteiger partial charge in [-0.05, 0) is 49.3 Å². The highest BCUT2D eigenvalue weighted by Gasteiger charge is 2.54. The lowest BCUT2D eigenvalue weighted by Gasteiger charge is -2.22. The fourth-order valence-electron chi connectivity index (χ4n) is 3.13. The Bertz CT molecular complexity index is 622. The third-order valence-electron chi connectivity index (χ3n) is 4.65. The number of amides is 2. The van der Waals surface area contributed by atoms with Crippen LogP contribution in [0, 0.1) is 5.41 Å². The van der Waals surface area contributed by atoms with E-state index in [1.54, 1.807) is 11.0 Å². The van der Waals surface area contributed by atoms with Gasteiger partial charge in [0.2, 0.25) is 11.8 Å². The Morgan fingerprint density at radius 2 is 2.27 bits per heavy atom. The number of carbonyl (C=O) groups excluding carboxylic acids is 2. The summed E-state index contributed by atoms with van der Waals surface area (Å²) >= 11 is 0. The molecule has 2 fully saturated rings. The number of nitrogens with zero attached hydrogens (tertiary/aromatic N) is 2. The molecule has 5 heteroatoms. The summed E-state index contributed by atoms with van der Waals surface area (Å²) in [6.45, 7) is 6.22. The highest BCUT2D eigenvalue weighted by molar-refractivity contribution is 5.99. The molecule has 5 nitrogen and oxygen atoms in total. The summed E-state index contributed by atoms with van der Waals surface area (Å²) in [4.78, 5) is 30.6. The SMILES string of the molecule is C=CC(=O)N1CC2(CC2)C[C@H]1C(=O)Nc1cccc(CC)n1. The van der Waals surface area contributed by atoms with Crippen LogP contribution in [-0.4, -0.2) is 34.3 Å². The largest absolute Gasteiger partial charge is 0.327 e. The van der Waals surface area contributed by atoms with Crippen molar-refractivity contribution in [3.8, 4) is 0 Å². The second kappa shape index (κ2) is 5.55. The van der Waals surface area contributed by atoms with E-state index in [-0.39, 0.29) is 17.2 Å². The Hall–Kier alpha value is -2.17. The first-order valence-corrected chi connectivity index (χ1v) is 7.77. The van der Waals surface area contributed by atoms with Gasteiger partial charge in [0.05, 0.1) is 0 Å². The minimum atomic E-state index is -0.417. The summed E-state index contributed by atoms with van der Waals surface area (Å²) < 4.78 is 0. The minimum absolute atomic E-state index is 0.153. The molecule has 1 aromatic rings. The molecular weight excluding hydrogens is 278 g/mol. The normalized spacial score (nSPS) is 21.7. The van der Waals surface area contributed by atoms with Crippen LogP contribution in [0.2, 0.25) is 0 Å². The quantitative estimate of drug-likeness (QED) is 0.867. The maximum atomic E-state index is 12.6. The number of hydrogen-bond donors (Lipinski definition) is 1. The highest BCUT2D eigenvalue weighted by Crippen LogP contribution is 2.54. The fraction of sp³-hybridized carbons (Fsp3) is 0.471. The van der Waals surface area contributed by atoms with Crippen LogP contribution in [0.3, 0.4) is 0 Å². The molecule has 0 radical (unpaired) electrons. The lowest BCUT2D eigenvalue weighted by molar-refractivity contribution is -0.132. The van der Waals surface area contributed by atoms with Gasteiger partial charge in [-0.3, -0.25) is 9.59 Å². The number of anilines is 1. The Morgan fingerprint density at radius 1 is 1.50 bits per heavy atom. The van der Waals surface area contributed by atoms with Gasteiger partial charge in [-0.25, -0.2) is 4.98 Å². The average molecular weight is 299 g/mol. The van der Waals surface area contributed by atoms with Crippen molar-refractivity contribution in [3.63, 3.8) is 0 Å². The second-order valence-corrected chi connectivity index (χ2v) is 6.25. The van der Waals surface area contributed by atoms with Gasteiger partial charge < -0.3 is 10.2 Å². The van der Waals surface area contributed by atoms with Crippen LogP contribution in [0.25, 0.3) is 0 Å². The Labute approximate surface area is 130 Å². The van der Waals surface area contributed by atoms with Gasteiger partial charge >= 0.3 is 0 Å². The predicted octanol–water partition coefficient (Wildman–Crippen LogP) is 2.15. The van der Waals surface area contributed by atoms with E-state index in [4.69, 9.17) is 0 Å². The molecule has 1 aliphatic heterocycles. The van der Waals surface area contributed by atoms with Gasteiger partial charge in [-0.15, -0.1) is 0 Å². The number of carbonyl (C=O) groups is 2. The second-order valence-electron chi connectivity index (χ2n) is 6.25. The molecule has 3 rings (SSSR count). The standard InChI is InChI=1S/C17H21N3O2/c1-3-12-6-5-7-14(18-12)19-16(22)13-10-17(8-9-17)11-20(13)15(21)4-2/h4-7,13H,2-3,8-11H2,1H3,(H,18,19,22)/t13-/m0/s1. The summed E-state index contributed by atoms with van der Waals surface area (Å²) in [7, 11) is 0. The smallest absolute Gasteiger partial charge is 0.248 e. The van der Waals surface area contributed by atoms with Crippen molar-refractivity contribution < 1.29 is 9.59 Å². The summed E-state index contributed by atoms with van der Waals surface area (Å²) in [6, 6.07) is 5.17. The number of hydrogen-bond acceptors (Lipinski definition) is 3. The monoisotopic (exact) mass is 299 g/mol. The number of aromatic nitrogens is 1. The molecular formula is C17H21N3O2.